The lowest BCUT2D eigenvalue weighted by atomic mass is 10.0. The standard InChI is InChI=1S/C55H35N5/c1-3-14-36(15-4-1)37-26-28-38(29-27-37)53-56-54(58-55(57-53)42-30-31-47-45-22-9-11-24-49(45)59(51(47)35-42)43-19-5-2-6-20-43)41-18-13-21-44(32-41)60-50-25-12-10-23-46(50)48-33-39-16-7-8-17-40(39)34-52(48)60/h1-35H. The second-order valence-corrected chi connectivity index (χ2v) is 15.3. The van der Waals surface area contributed by atoms with Gasteiger partial charge < -0.3 is 9.13 Å². The predicted octanol–water partition coefficient (Wildman–Crippen LogP) is 13.9. The number of nitrogens with zero attached hydrogens (tertiary/aromatic N) is 5. The molecule has 5 nitrogen and oxygen atoms in total. The van der Waals surface area contributed by atoms with Crippen LogP contribution in [-0.2, 0) is 0 Å². The fourth-order valence-electron chi connectivity index (χ4n) is 8.89. The highest BCUT2D eigenvalue weighted by atomic mass is 15.0. The first-order chi connectivity index (χ1) is 29.7. The quantitative estimate of drug-likeness (QED) is 0.169. The molecule has 60 heavy (non-hydrogen) atoms. The first kappa shape index (κ1) is 33.9. The third kappa shape index (κ3) is 5.59. The average Bonchev–Trinajstić information content (AvgIpc) is 3.83. The molecule has 0 spiro atoms. The fourth-order valence-corrected chi connectivity index (χ4v) is 8.89. The van der Waals surface area contributed by atoms with E-state index < -0.39 is 0 Å². The van der Waals surface area contributed by atoms with E-state index in [9.17, 15) is 0 Å². The van der Waals surface area contributed by atoms with Gasteiger partial charge in [0.1, 0.15) is 0 Å². The summed E-state index contributed by atoms with van der Waals surface area (Å²) in [6, 6.07) is 75.1. The normalized spacial score (nSPS) is 11.7. The highest BCUT2D eigenvalue weighted by molar-refractivity contribution is 6.14. The molecule has 0 N–H and O–H groups in total. The zero-order chi connectivity index (χ0) is 39.6. The van der Waals surface area contributed by atoms with Gasteiger partial charge in [0.05, 0.1) is 22.1 Å². The number of hydrogen-bond donors (Lipinski definition) is 0. The number of para-hydroxylation sites is 3. The predicted molar refractivity (Wildman–Crippen MR) is 248 cm³/mol. The third-order valence-electron chi connectivity index (χ3n) is 11.7. The molecular formula is C55H35N5. The van der Waals surface area contributed by atoms with Crippen LogP contribution in [0.4, 0.5) is 0 Å². The van der Waals surface area contributed by atoms with Gasteiger partial charge in [0.2, 0.25) is 0 Å². The van der Waals surface area contributed by atoms with E-state index in [1.807, 2.05) is 6.07 Å². The Balaban J connectivity index is 1.05. The SMILES string of the molecule is c1ccc(-c2ccc(-c3nc(-c4cccc(-n5c6ccccc6c6cc7ccccc7cc65)c4)nc(-c4ccc5c6ccccc6n(-c6ccccc6)c5c4)n3)cc2)cc1. The van der Waals surface area contributed by atoms with Gasteiger partial charge in [-0.2, -0.15) is 0 Å². The molecule has 5 heteroatoms. The maximum atomic E-state index is 5.27. The van der Waals surface area contributed by atoms with Gasteiger partial charge in [0.25, 0.3) is 0 Å². The van der Waals surface area contributed by atoms with Gasteiger partial charge in [-0.15, -0.1) is 0 Å². The van der Waals surface area contributed by atoms with Crippen LogP contribution in [0.2, 0.25) is 0 Å². The van der Waals surface area contributed by atoms with Crippen LogP contribution in [0.5, 0.6) is 0 Å². The average molecular weight is 766 g/mol. The summed E-state index contributed by atoms with van der Waals surface area (Å²) < 4.78 is 4.69. The summed E-state index contributed by atoms with van der Waals surface area (Å²) in [6.45, 7) is 0. The van der Waals surface area contributed by atoms with E-state index in [0.717, 1.165) is 61.3 Å². The van der Waals surface area contributed by atoms with E-state index in [2.05, 4.69) is 215 Å². The Kier molecular flexibility index (Phi) is 7.78. The lowest BCUT2D eigenvalue weighted by Gasteiger charge is -2.12. The first-order valence-electron chi connectivity index (χ1n) is 20.3. The molecule has 0 amide bonds. The van der Waals surface area contributed by atoms with E-state index in [0.29, 0.717) is 17.5 Å². The number of hydrogen-bond acceptors (Lipinski definition) is 3. The molecule has 0 radical (unpaired) electrons. The summed E-state index contributed by atoms with van der Waals surface area (Å²) in [5.41, 5.74) is 11.7. The molecule has 280 valence electrons. The number of aromatic nitrogens is 5. The lowest BCUT2D eigenvalue weighted by Crippen LogP contribution is -2.01. The maximum absolute atomic E-state index is 5.27. The van der Waals surface area contributed by atoms with Crippen LogP contribution in [0.25, 0.3) is 111 Å². The largest absolute Gasteiger partial charge is 0.309 e. The molecule has 0 saturated carbocycles. The molecule has 0 saturated heterocycles. The van der Waals surface area contributed by atoms with Gasteiger partial charge >= 0.3 is 0 Å². The summed E-state index contributed by atoms with van der Waals surface area (Å²) in [7, 11) is 0. The van der Waals surface area contributed by atoms with Gasteiger partial charge in [-0.25, -0.2) is 15.0 Å². The van der Waals surface area contributed by atoms with Crippen molar-refractivity contribution in [2.24, 2.45) is 0 Å². The Bertz CT molecular complexity index is 3580. The zero-order valence-corrected chi connectivity index (χ0v) is 32.4. The number of benzene rings is 9. The number of rotatable bonds is 6. The molecular weight excluding hydrogens is 731 g/mol. The van der Waals surface area contributed by atoms with Crippen molar-refractivity contribution in [1.29, 1.82) is 0 Å². The third-order valence-corrected chi connectivity index (χ3v) is 11.7. The van der Waals surface area contributed by atoms with Crippen LogP contribution in [0.1, 0.15) is 0 Å². The van der Waals surface area contributed by atoms with E-state index in [4.69, 9.17) is 15.0 Å². The smallest absolute Gasteiger partial charge is 0.164 e. The van der Waals surface area contributed by atoms with Gasteiger partial charge in [-0.3, -0.25) is 0 Å². The Morgan fingerprint density at radius 2 is 0.700 bits per heavy atom. The molecule has 0 aliphatic rings. The molecule has 3 aromatic heterocycles. The molecule has 0 aliphatic carbocycles. The van der Waals surface area contributed by atoms with Crippen molar-refractivity contribution in [1.82, 2.24) is 24.1 Å². The minimum atomic E-state index is 0.610. The Morgan fingerprint density at radius 3 is 1.42 bits per heavy atom. The van der Waals surface area contributed by atoms with Gasteiger partial charge in [0.15, 0.2) is 17.5 Å². The van der Waals surface area contributed by atoms with Crippen molar-refractivity contribution in [2.45, 2.75) is 0 Å². The topological polar surface area (TPSA) is 48.5 Å². The van der Waals surface area contributed by atoms with Crippen LogP contribution in [0.3, 0.4) is 0 Å². The van der Waals surface area contributed by atoms with Crippen molar-refractivity contribution in [3.8, 4) is 56.7 Å². The molecule has 0 fully saturated rings. The van der Waals surface area contributed by atoms with Crippen LogP contribution >= 0.6 is 0 Å². The van der Waals surface area contributed by atoms with E-state index >= 15 is 0 Å². The van der Waals surface area contributed by atoms with Crippen LogP contribution < -0.4 is 0 Å². The lowest BCUT2D eigenvalue weighted by molar-refractivity contribution is 1.07. The van der Waals surface area contributed by atoms with Crippen molar-refractivity contribution in [3.05, 3.63) is 212 Å². The maximum Gasteiger partial charge on any atom is 0.164 e. The second kappa shape index (κ2) is 13.8. The van der Waals surface area contributed by atoms with E-state index in [1.165, 1.54) is 32.3 Å². The van der Waals surface area contributed by atoms with Gasteiger partial charge in [-0.05, 0) is 76.5 Å². The van der Waals surface area contributed by atoms with Crippen LogP contribution in [-0.4, -0.2) is 24.1 Å². The zero-order valence-electron chi connectivity index (χ0n) is 32.4. The molecule has 0 bridgehead atoms. The Hall–Kier alpha value is -8.15. The molecule has 3 heterocycles. The van der Waals surface area contributed by atoms with Crippen LogP contribution in [0.15, 0.2) is 212 Å². The van der Waals surface area contributed by atoms with E-state index in [-0.39, 0.29) is 0 Å². The minimum Gasteiger partial charge on any atom is -0.309 e. The highest BCUT2D eigenvalue weighted by Crippen LogP contribution is 2.38. The number of fused-ring (bicyclic) bond motifs is 7. The molecule has 0 unspecified atom stereocenters. The van der Waals surface area contributed by atoms with Crippen molar-refractivity contribution < 1.29 is 0 Å². The molecule has 12 aromatic rings. The Morgan fingerprint density at radius 1 is 0.250 bits per heavy atom. The highest BCUT2D eigenvalue weighted by Gasteiger charge is 2.19. The van der Waals surface area contributed by atoms with E-state index in [1.54, 1.807) is 0 Å². The molecule has 0 atom stereocenters. The van der Waals surface area contributed by atoms with Gasteiger partial charge in [0, 0.05) is 49.6 Å². The molecule has 12 rings (SSSR count). The summed E-state index contributed by atoms with van der Waals surface area (Å²) in [6.07, 6.45) is 0. The first-order valence-corrected chi connectivity index (χ1v) is 20.3. The second-order valence-electron chi connectivity index (χ2n) is 15.3. The van der Waals surface area contributed by atoms with Crippen molar-refractivity contribution >= 4 is 54.4 Å². The van der Waals surface area contributed by atoms with Crippen molar-refractivity contribution in [3.63, 3.8) is 0 Å². The summed E-state index contributed by atoms with van der Waals surface area (Å²) in [5.74, 6) is 1.84. The molecule has 0 aliphatic heterocycles. The summed E-state index contributed by atoms with van der Waals surface area (Å²) in [4.78, 5) is 15.7. The Labute approximate surface area is 346 Å². The van der Waals surface area contributed by atoms with Crippen molar-refractivity contribution in [2.75, 3.05) is 0 Å². The fraction of sp³-hybridized carbons (Fsp3) is 0. The summed E-state index contributed by atoms with van der Waals surface area (Å²) in [5, 5.41) is 7.26. The molecule has 9 aromatic carbocycles. The monoisotopic (exact) mass is 765 g/mol. The van der Waals surface area contributed by atoms with Crippen LogP contribution in [0, 0.1) is 0 Å². The van der Waals surface area contributed by atoms with Gasteiger partial charge in [-0.1, -0.05) is 158 Å². The summed E-state index contributed by atoms with van der Waals surface area (Å²) >= 11 is 0. The minimum absolute atomic E-state index is 0.610.